The Hall–Kier alpha value is -0.810. The second-order valence-electron chi connectivity index (χ2n) is 5.01. The molecule has 4 nitrogen and oxygen atoms in total. The van der Waals surface area contributed by atoms with Crippen LogP contribution in [-0.2, 0) is 11.3 Å². The average Bonchev–Trinajstić information content (AvgIpc) is 2.59. The molecule has 0 aromatic carbocycles. The van der Waals surface area contributed by atoms with Crippen molar-refractivity contribution in [2.24, 2.45) is 0 Å². The number of nitrogens with zero attached hydrogens (tertiary/aromatic N) is 1. The summed E-state index contributed by atoms with van der Waals surface area (Å²) in [5.74, 6) is -0.0730. The topological polar surface area (TPSA) is 43.3 Å². The predicted molar refractivity (Wildman–Crippen MR) is 75.8 cm³/mol. The third-order valence-corrected chi connectivity index (χ3v) is 2.95. The number of methoxy groups -OCH3 is 1. The van der Waals surface area contributed by atoms with Crippen molar-refractivity contribution in [1.82, 2.24) is 9.88 Å². The molecule has 0 atom stereocenters. The third kappa shape index (κ3) is 4.14. The van der Waals surface area contributed by atoms with Crippen LogP contribution in [0, 0.1) is 0 Å². The van der Waals surface area contributed by atoms with Crippen LogP contribution in [0.4, 0.5) is 0 Å². The number of carbonyl (C=O) groups is 1. The van der Waals surface area contributed by atoms with Crippen molar-refractivity contribution in [2.45, 2.75) is 39.3 Å². The summed E-state index contributed by atoms with van der Waals surface area (Å²) in [6, 6.07) is 1.84. The van der Waals surface area contributed by atoms with Gasteiger partial charge in [-0.1, -0.05) is 6.92 Å². The Kier molecular flexibility index (Phi) is 5.41. The van der Waals surface area contributed by atoms with Crippen LogP contribution in [0.15, 0.2) is 16.7 Å². The Morgan fingerprint density at radius 2 is 2.22 bits per heavy atom. The predicted octanol–water partition coefficient (Wildman–Crippen LogP) is 2.82. The maximum atomic E-state index is 12.2. The van der Waals surface area contributed by atoms with E-state index in [1.807, 2.05) is 30.7 Å². The minimum atomic E-state index is -0.375. The molecule has 0 radical (unpaired) electrons. The van der Waals surface area contributed by atoms with Gasteiger partial charge in [-0.25, -0.2) is 0 Å². The lowest BCUT2D eigenvalue weighted by atomic mass is 10.1. The molecule has 102 valence electrons. The molecule has 1 aromatic heterocycles. The maximum absolute atomic E-state index is 12.2. The van der Waals surface area contributed by atoms with E-state index in [0.29, 0.717) is 12.3 Å². The zero-order valence-corrected chi connectivity index (χ0v) is 13.0. The van der Waals surface area contributed by atoms with Gasteiger partial charge in [-0.2, -0.15) is 0 Å². The molecule has 0 aliphatic carbocycles. The van der Waals surface area contributed by atoms with Crippen LogP contribution in [0.2, 0.25) is 0 Å². The molecule has 0 aliphatic heterocycles. The molecule has 1 aromatic rings. The van der Waals surface area contributed by atoms with Crippen molar-refractivity contribution in [1.29, 1.82) is 0 Å². The fraction of sp³-hybridized carbons (Fsp3) is 0.615. The van der Waals surface area contributed by atoms with Crippen LogP contribution in [0.5, 0.6) is 0 Å². The molecule has 1 N–H and O–H groups in total. The molecule has 0 fully saturated rings. The highest BCUT2D eigenvalue weighted by Gasteiger charge is 2.23. The second kappa shape index (κ2) is 6.38. The number of ether oxygens (including phenoxy) is 1. The molecule has 0 spiro atoms. The molecule has 0 bridgehead atoms. The summed E-state index contributed by atoms with van der Waals surface area (Å²) >= 11 is 3.41. The molecule has 18 heavy (non-hydrogen) atoms. The quantitative estimate of drug-likeness (QED) is 0.877. The van der Waals surface area contributed by atoms with Gasteiger partial charge in [-0.15, -0.1) is 0 Å². The SMILES string of the molecule is CCCn1cc(Br)cc1C(=O)NC(C)(C)COC. The van der Waals surface area contributed by atoms with Crippen molar-refractivity contribution in [3.63, 3.8) is 0 Å². The maximum Gasteiger partial charge on any atom is 0.268 e. The Labute approximate surface area is 117 Å². The van der Waals surface area contributed by atoms with Crippen LogP contribution in [0.25, 0.3) is 0 Å². The van der Waals surface area contributed by atoms with Gasteiger partial charge in [-0.05, 0) is 42.3 Å². The number of nitrogens with one attached hydrogen (secondary N) is 1. The molecule has 0 saturated heterocycles. The zero-order valence-electron chi connectivity index (χ0n) is 11.4. The van der Waals surface area contributed by atoms with E-state index < -0.39 is 0 Å². The van der Waals surface area contributed by atoms with Gasteiger partial charge in [-0.3, -0.25) is 4.79 Å². The standard InChI is InChI=1S/C13H21BrN2O2/c1-5-6-16-8-10(14)7-11(16)12(17)15-13(2,3)9-18-4/h7-8H,5-6,9H2,1-4H3,(H,15,17). The smallest absolute Gasteiger partial charge is 0.268 e. The number of amides is 1. The highest BCUT2D eigenvalue weighted by molar-refractivity contribution is 9.10. The molecule has 0 saturated carbocycles. The largest absolute Gasteiger partial charge is 0.382 e. The van der Waals surface area contributed by atoms with Gasteiger partial charge in [0.25, 0.3) is 5.91 Å². The van der Waals surface area contributed by atoms with Gasteiger partial charge >= 0.3 is 0 Å². The summed E-state index contributed by atoms with van der Waals surface area (Å²) in [6.07, 6.45) is 2.92. The Bertz CT molecular complexity index is 413. The molecular weight excluding hydrogens is 296 g/mol. The third-order valence-electron chi connectivity index (χ3n) is 2.52. The first-order valence-corrected chi connectivity index (χ1v) is 6.86. The average molecular weight is 317 g/mol. The molecule has 1 rings (SSSR count). The lowest BCUT2D eigenvalue weighted by Crippen LogP contribution is -2.47. The van der Waals surface area contributed by atoms with E-state index in [1.165, 1.54) is 0 Å². The second-order valence-corrected chi connectivity index (χ2v) is 5.92. The number of hydrogen-bond acceptors (Lipinski definition) is 2. The van der Waals surface area contributed by atoms with Crippen molar-refractivity contribution in [3.05, 3.63) is 22.4 Å². The number of halogens is 1. The first kappa shape index (κ1) is 15.2. The van der Waals surface area contributed by atoms with E-state index >= 15 is 0 Å². The zero-order chi connectivity index (χ0) is 13.8. The van der Waals surface area contributed by atoms with E-state index in [2.05, 4.69) is 28.2 Å². The Morgan fingerprint density at radius 3 is 2.78 bits per heavy atom. The van der Waals surface area contributed by atoms with Crippen molar-refractivity contribution in [2.75, 3.05) is 13.7 Å². The van der Waals surface area contributed by atoms with Crippen molar-refractivity contribution >= 4 is 21.8 Å². The minimum absolute atomic E-state index is 0.0730. The number of aryl methyl sites for hydroxylation is 1. The minimum Gasteiger partial charge on any atom is -0.382 e. The number of rotatable bonds is 6. The van der Waals surface area contributed by atoms with Gasteiger partial charge in [0.05, 0.1) is 12.1 Å². The van der Waals surface area contributed by atoms with E-state index in [9.17, 15) is 4.79 Å². The highest BCUT2D eigenvalue weighted by atomic mass is 79.9. The number of carbonyl (C=O) groups excluding carboxylic acids is 1. The highest BCUT2D eigenvalue weighted by Crippen LogP contribution is 2.16. The molecule has 0 aliphatic rings. The summed E-state index contributed by atoms with van der Waals surface area (Å²) in [7, 11) is 1.63. The lowest BCUT2D eigenvalue weighted by molar-refractivity contribution is 0.0811. The molecule has 5 heteroatoms. The van der Waals surface area contributed by atoms with Crippen LogP contribution in [-0.4, -0.2) is 29.7 Å². The number of aromatic nitrogens is 1. The van der Waals surface area contributed by atoms with Crippen LogP contribution >= 0.6 is 15.9 Å². The fourth-order valence-electron chi connectivity index (χ4n) is 1.86. The normalized spacial score (nSPS) is 11.6. The van der Waals surface area contributed by atoms with Crippen molar-refractivity contribution < 1.29 is 9.53 Å². The fourth-order valence-corrected chi connectivity index (χ4v) is 2.32. The summed E-state index contributed by atoms with van der Waals surface area (Å²) < 4.78 is 7.98. The van der Waals surface area contributed by atoms with Gasteiger partial charge in [0.2, 0.25) is 0 Å². The van der Waals surface area contributed by atoms with E-state index in [4.69, 9.17) is 4.74 Å². The first-order chi connectivity index (χ1) is 8.39. The van der Waals surface area contributed by atoms with Gasteiger partial charge in [0.1, 0.15) is 5.69 Å². The summed E-state index contributed by atoms with van der Waals surface area (Å²) in [6.45, 7) is 7.28. The first-order valence-electron chi connectivity index (χ1n) is 6.06. The monoisotopic (exact) mass is 316 g/mol. The summed E-state index contributed by atoms with van der Waals surface area (Å²) in [4.78, 5) is 12.2. The van der Waals surface area contributed by atoms with Crippen LogP contribution in [0.1, 0.15) is 37.7 Å². The van der Waals surface area contributed by atoms with Gasteiger partial charge < -0.3 is 14.6 Å². The van der Waals surface area contributed by atoms with E-state index in [-0.39, 0.29) is 11.4 Å². The Balaban J connectivity index is 2.83. The number of hydrogen-bond donors (Lipinski definition) is 1. The van der Waals surface area contributed by atoms with Crippen LogP contribution in [0.3, 0.4) is 0 Å². The van der Waals surface area contributed by atoms with Gasteiger partial charge in [0.15, 0.2) is 0 Å². The van der Waals surface area contributed by atoms with E-state index in [1.54, 1.807) is 7.11 Å². The Morgan fingerprint density at radius 1 is 1.56 bits per heavy atom. The molecule has 1 heterocycles. The molecule has 0 unspecified atom stereocenters. The van der Waals surface area contributed by atoms with Gasteiger partial charge in [0, 0.05) is 24.3 Å². The summed E-state index contributed by atoms with van der Waals surface area (Å²) in [5, 5.41) is 2.98. The van der Waals surface area contributed by atoms with Crippen molar-refractivity contribution in [3.8, 4) is 0 Å². The lowest BCUT2D eigenvalue weighted by Gasteiger charge is -2.25. The summed E-state index contributed by atoms with van der Waals surface area (Å²) in [5.41, 5.74) is 0.299. The van der Waals surface area contributed by atoms with Crippen LogP contribution < -0.4 is 5.32 Å². The van der Waals surface area contributed by atoms with E-state index in [0.717, 1.165) is 17.4 Å². The molecular formula is C13H21BrN2O2. The molecule has 1 amide bonds.